The van der Waals surface area contributed by atoms with Gasteiger partial charge in [-0.3, -0.25) is 4.79 Å². The van der Waals surface area contributed by atoms with Gasteiger partial charge in [-0.25, -0.2) is 0 Å². The largest absolute Gasteiger partial charge is 0.393 e. The highest BCUT2D eigenvalue weighted by Crippen LogP contribution is 2.23. The zero-order chi connectivity index (χ0) is 10.6. The van der Waals surface area contributed by atoms with E-state index in [9.17, 15) is 9.90 Å². The molecule has 1 saturated carbocycles. The molecule has 4 N–H and O–H groups in total. The molecule has 0 aromatic heterocycles. The predicted molar refractivity (Wildman–Crippen MR) is 54.6 cm³/mol. The van der Waals surface area contributed by atoms with Crippen LogP contribution in [0.2, 0.25) is 0 Å². The van der Waals surface area contributed by atoms with Crippen molar-refractivity contribution in [2.24, 2.45) is 11.7 Å². The summed E-state index contributed by atoms with van der Waals surface area (Å²) in [6.07, 6.45) is 4.00. The van der Waals surface area contributed by atoms with Crippen molar-refractivity contribution in [1.82, 2.24) is 5.32 Å². The Morgan fingerprint density at radius 1 is 1.57 bits per heavy atom. The van der Waals surface area contributed by atoms with E-state index in [1.165, 1.54) is 6.42 Å². The van der Waals surface area contributed by atoms with Crippen molar-refractivity contribution in [3.05, 3.63) is 0 Å². The van der Waals surface area contributed by atoms with Crippen molar-refractivity contribution in [2.75, 3.05) is 6.54 Å². The Labute approximate surface area is 84.9 Å². The summed E-state index contributed by atoms with van der Waals surface area (Å²) in [5.74, 6) is -0.0548. The Morgan fingerprint density at radius 2 is 2.21 bits per heavy atom. The van der Waals surface area contributed by atoms with Crippen molar-refractivity contribution in [1.29, 1.82) is 0 Å². The van der Waals surface area contributed by atoms with Crippen LogP contribution in [0.25, 0.3) is 0 Å². The van der Waals surface area contributed by atoms with Gasteiger partial charge < -0.3 is 16.2 Å². The monoisotopic (exact) mass is 200 g/mol. The van der Waals surface area contributed by atoms with Gasteiger partial charge in [-0.15, -0.1) is 0 Å². The van der Waals surface area contributed by atoms with Crippen LogP contribution in [-0.2, 0) is 4.79 Å². The van der Waals surface area contributed by atoms with Crippen LogP contribution in [0.5, 0.6) is 0 Å². The van der Waals surface area contributed by atoms with Crippen LogP contribution in [-0.4, -0.2) is 29.7 Å². The molecule has 0 bridgehead atoms. The van der Waals surface area contributed by atoms with Gasteiger partial charge >= 0.3 is 0 Å². The Kier molecular flexibility index (Phi) is 4.35. The Hall–Kier alpha value is -0.610. The van der Waals surface area contributed by atoms with Crippen molar-refractivity contribution < 1.29 is 9.90 Å². The molecule has 0 radical (unpaired) electrons. The van der Waals surface area contributed by atoms with Gasteiger partial charge in [-0.1, -0.05) is 12.8 Å². The van der Waals surface area contributed by atoms with Gasteiger partial charge in [0, 0.05) is 6.54 Å². The first kappa shape index (κ1) is 11.5. The molecule has 3 unspecified atom stereocenters. The lowest BCUT2D eigenvalue weighted by Crippen LogP contribution is -2.43. The number of carbonyl (C=O) groups excluding carboxylic acids is 1. The molecular weight excluding hydrogens is 180 g/mol. The number of aliphatic hydroxyl groups is 1. The molecule has 3 atom stereocenters. The molecule has 0 aromatic carbocycles. The fraction of sp³-hybridized carbons (Fsp3) is 0.900. The van der Waals surface area contributed by atoms with Crippen molar-refractivity contribution in [3.63, 3.8) is 0 Å². The van der Waals surface area contributed by atoms with Crippen LogP contribution in [0, 0.1) is 5.92 Å². The smallest absolute Gasteiger partial charge is 0.234 e. The lowest BCUT2D eigenvalue weighted by Gasteiger charge is -2.28. The van der Waals surface area contributed by atoms with Gasteiger partial charge in [0.2, 0.25) is 5.91 Å². The first-order chi connectivity index (χ1) is 6.61. The quantitative estimate of drug-likeness (QED) is 0.598. The Morgan fingerprint density at radius 3 is 2.79 bits per heavy atom. The molecule has 1 amide bonds. The number of amides is 1. The molecule has 1 fully saturated rings. The fourth-order valence-corrected chi connectivity index (χ4v) is 1.85. The lowest BCUT2D eigenvalue weighted by molar-refractivity contribution is -0.119. The van der Waals surface area contributed by atoms with Gasteiger partial charge in [0.05, 0.1) is 12.1 Å². The zero-order valence-corrected chi connectivity index (χ0v) is 8.70. The number of aliphatic hydroxyl groups excluding tert-OH is 1. The molecule has 82 valence electrons. The molecule has 0 aliphatic heterocycles. The maximum Gasteiger partial charge on any atom is 0.234 e. The first-order valence-corrected chi connectivity index (χ1v) is 5.32. The molecular formula is C10H20N2O2. The number of carbonyl (C=O) groups is 1. The van der Waals surface area contributed by atoms with Crippen LogP contribution in [0.1, 0.15) is 32.6 Å². The summed E-state index contributed by atoms with van der Waals surface area (Å²) < 4.78 is 0. The van der Waals surface area contributed by atoms with E-state index in [1.807, 2.05) is 0 Å². The van der Waals surface area contributed by atoms with E-state index in [0.29, 0.717) is 6.54 Å². The third-order valence-corrected chi connectivity index (χ3v) is 2.98. The highest BCUT2D eigenvalue weighted by molar-refractivity contribution is 5.79. The van der Waals surface area contributed by atoms with E-state index in [1.54, 1.807) is 6.92 Å². The first-order valence-electron chi connectivity index (χ1n) is 5.32. The molecule has 0 saturated heterocycles. The second kappa shape index (κ2) is 5.32. The number of rotatable bonds is 4. The molecule has 4 heteroatoms. The summed E-state index contributed by atoms with van der Waals surface area (Å²) in [6.45, 7) is 2.43. The average molecular weight is 200 g/mol. The highest BCUT2D eigenvalue weighted by atomic mass is 16.3. The van der Waals surface area contributed by atoms with Gasteiger partial charge in [-0.05, 0) is 25.7 Å². The number of nitrogens with two attached hydrogens (primary N) is 1. The van der Waals surface area contributed by atoms with Crippen LogP contribution in [0.3, 0.4) is 0 Å². The van der Waals surface area contributed by atoms with E-state index in [2.05, 4.69) is 5.32 Å². The number of primary amides is 1. The van der Waals surface area contributed by atoms with Crippen LogP contribution in [0.15, 0.2) is 0 Å². The molecule has 0 heterocycles. The summed E-state index contributed by atoms with van der Waals surface area (Å²) in [7, 11) is 0. The van der Waals surface area contributed by atoms with Crippen LogP contribution < -0.4 is 11.1 Å². The van der Waals surface area contributed by atoms with E-state index in [0.717, 1.165) is 19.3 Å². The molecule has 4 nitrogen and oxygen atoms in total. The van der Waals surface area contributed by atoms with E-state index < -0.39 is 0 Å². The van der Waals surface area contributed by atoms with Crippen LogP contribution in [0.4, 0.5) is 0 Å². The predicted octanol–water partition coefficient (Wildman–Crippen LogP) is 0.000900. The summed E-state index contributed by atoms with van der Waals surface area (Å²) in [4.78, 5) is 10.8. The molecule has 0 aromatic rings. The van der Waals surface area contributed by atoms with Gasteiger partial charge in [0.1, 0.15) is 0 Å². The standard InChI is InChI=1S/C10H20N2O2/c1-7(10(11)14)12-6-8-4-2-3-5-9(8)13/h7-9,12-13H,2-6H2,1H3,(H2,11,14). The van der Waals surface area contributed by atoms with Crippen LogP contribution >= 0.6 is 0 Å². The molecule has 14 heavy (non-hydrogen) atoms. The normalized spacial score (nSPS) is 29.9. The number of hydrogen-bond donors (Lipinski definition) is 3. The lowest BCUT2D eigenvalue weighted by atomic mass is 9.86. The van der Waals surface area contributed by atoms with E-state index >= 15 is 0 Å². The minimum Gasteiger partial charge on any atom is -0.393 e. The maximum absolute atomic E-state index is 10.8. The highest BCUT2D eigenvalue weighted by Gasteiger charge is 2.23. The third kappa shape index (κ3) is 3.27. The summed E-state index contributed by atoms with van der Waals surface area (Å²) >= 11 is 0. The molecule has 1 aliphatic carbocycles. The molecule has 0 spiro atoms. The summed E-state index contributed by atoms with van der Waals surface area (Å²) in [5.41, 5.74) is 5.12. The summed E-state index contributed by atoms with van der Waals surface area (Å²) in [6, 6.07) is -0.302. The van der Waals surface area contributed by atoms with Gasteiger partial charge in [-0.2, -0.15) is 0 Å². The Balaban J connectivity index is 2.25. The van der Waals surface area contributed by atoms with E-state index in [-0.39, 0.29) is 24.0 Å². The SMILES string of the molecule is CC(NCC1CCCCC1O)C(N)=O. The third-order valence-electron chi connectivity index (χ3n) is 2.98. The number of nitrogens with one attached hydrogen (secondary N) is 1. The second-order valence-corrected chi connectivity index (χ2v) is 4.14. The maximum atomic E-state index is 10.8. The van der Waals surface area contributed by atoms with Crippen molar-refractivity contribution in [3.8, 4) is 0 Å². The number of hydrogen-bond acceptors (Lipinski definition) is 3. The minimum atomic E-state index is -0.338. The second-order valence-electron chi connectivity index (χ2n) is 4.14. The zero-order valence-electron chi connectivity index (χ0n) is 8.70. The molecule has 1 aliphatic rings. The van der Waals surface area contributed by atoms with Gasteiger partial charge in [0.15, 0.2) is 0 Å². The topological polar surface area (TPSA) is 75.3 Å². The minimum absolute atomic E-state index is 0.212. The average Bonchev–Trinajstić information content (AvgIpc) is 2.16. The van der Waals surface area contributed by atoms with Crippen molar-refractivity contribution >= 4 is 5.91 Å². The summed E-state index contributed by atoms with van der Waals surface area (Å²) in [5, 5.41) is 12.7. The Bertz CT molecular complexity index is 197. The molecule has 1 rings (SSSR count). The van der Waals surface area contributed by atoms with E-state index in [4.69, 9.17) is 5.73 Å². The van der Waals surface area contributed by atoms with Gasteiger partial charge in [0.25, 0.3) is 0 Å². The van der Waals surface area contributed by atoms with Crippen molar-refractivity contribution in [2.45, 2.75) is 44.8 Å². The fourth-order valence-electron chi connectivity index (χ4n) is 1.85.